The Labute approximate surface area is 153 Å². The monoisotopic (exact) mass is 366 g/mol. The van der Waals surface area contributed by atoms with E-state index in [9.17, 15) is 19.7 Å². The molecule has 0 saturated heterocycles. The Morgan fingerprint density at radius 1 is 1.22 bits per heavy atom. The van der Waals surface area contributed by atoms with Crippen molar-refractivity contribution < 1.29 is 24.0 Å². The van der Waals surface area contributed by atoms with Gasteiger partial charge in [0.15, 0.2) is 5.70 Å². The summed E-state index contributed by atoms with van der Waals surface area (Å²) in [6, 6.07) is 10.9. The van der Waals surface area contributed by atoms with Crippen molar-refractivity contribution in [1.82, 2.24) is 0 Å². The third kappa shape index (κ3) is 4.06. The third-order valence-electron chi connectivity index (χ3n) is 3.71. The highest BCUT2D eigenvalue weighted by molar-refractivity contribution is 6.13. The molecular formula is C19H14N2O6. The zero-order valence-electron chi connectivity index (χ0n) is 14.5. The number of benzene rings is 2. The van der Waals surface area contributed by atoms with Crippen LogP contribution in [0.5, 0.6) is 5.75 Å². The van der Waals surface area contributed by atoms with Gasteiger partial charge in [0.05, 0.1) is 4.92 Å². The predicted octanol–water partition coefficient (Wildman–Crippen LogP) is 3.17. The number of aryl methyl sites for hydroxylation is 1. The number of hydrogen-bond donors (Lipinski definition) is 0. The number of nitro benzene ring substituents is 1. The maximum Gasteiger partial charge on any atom is 0.363 e. The van der Waals surface area contributed by atoms with Gasteiger partial charge in [0.1, 0.15) is 5.75 Å². The van der Waals surface area contributed by atoms with E-state index in [4.69, 9.17) is 9.47 Å². The highest BCUT2D eigenvalue weighted by atomic mass is 16.6. The molecule has 0 aliphatic carbocycles. The van der Waals surface area contributed by atoms with Gasteiger partial charge in [-0.15, -0.1) is 0 Å². The minimum absolute atomic E-state index is 0.0210. The lowest BCUT2D eigenvalue weighted by Crippen LogP contribution is -2.06. The van der Waals surface area contributed by atoms with Gasteiger partial charge in [0.25, 0.3) is 5.69 Å². The van der Waals surface area contributed by atoms with Crippen molar-refractivity contribution in [2.24, 2.45) is 4.99 Å². The van der Waals surface area contributed by atoms with Crippen LogP contribution in [0.4, 0.5) is 5.69 Å². The van der Waals surface area contributed by atoms with E-state index in [0.717, 1.165) is 0 Å². The summed E-state index contributed by atoms with van der Waals surface area (Å²) in [7, 11) is 0. The van der Waals surface area contributed by atoms with E-state index in [1.165, 1.54) is 25.1 Å². The Morgan fingerprint density at radius 2 is 1.93 bits per heavy atom. The van der Waals surface area contributed by atoms with Crippen LogP contribution in [0.1, 0.15) is 23.6 Å². The lowest BCUT2D eigenvalue weighted by atomic mass is 10.1. The van der Waals surface area contributed by atoms with Gasteiger partial charge in [-0.05, 0) is 42.8 Å². The minimum atomic E-state index is -0.620. The van der Waals surface area contributed by atoms with Gasteiger partial charge in [0, 0.05) is 24.1 Å². The number of carbonyl (C=O) groups excluding carboxylic acids is 2. The van der Waals surface area contributed by atoms with Crippen LogP contribution in [0.3, 0.4) is 0 Å². The van der Waals surface area contributed by atoms with Crippen molar-refractivity contribution in [1.29, 1.82) is 0 Å². The lowest BCUT2D eigenvalue weighted by Gasteiger charge is -2.01. The number of hydrogen-bond acceptors (Lipinski definition) is 7. The van der Waals surface area contributed by atoms with Crippen LogP contribution < -0.4 is 4.74 Å². The molecule has 0 bridgehead atoms. The van der Waals surface area contributed by atoms with Crippen molar-refractivity contribution in [3.63, 3.8) is 0 Å². The smallest absolute Gasteiger partial charge is 0.363 e. The van der Waals surface area contributed by atoms with Crippen LogP contribution >= 0.6 is 0 Å². The number of carbonyl (C=O) groups is 2. The van der Waals surface area contributed by atoms with Gasteiger partial charge in [-0.2, -0.15) is 0 Å². The molecule has 0 unspecified atom stereocenters. The van der Waals surface area contributed by atoms with E-state index in [-0.39, 0.29) is 17.3 Å². The first-order chi connectivity index (χ1) is 12.8. The van der Waals surface area contributed by atoms with Gasteiger partial charge >= 0.3 is 11.9 Å². The highest BCUT2D eigenvalue weighted by Crippen LogP contribution is 2.24. The van der Waals surface area contributed by atoms with Crippen LogP contribution in [0, 0.1) is 17.0 Å². The van der Waals surface area contributed by atoms with Crippen LogP contribution in [0.2, 0.25) is 0 Å². The van der Waals surface area contributed by atoms with Crippen LogP contribution in [-0.4, -0.2) is 22.8 Å². The van der Waals surface area contributed by atoms with E-state index in [1.807, 2.05) is 0 Å². The number of aliphatic imine (C=N–C) groups is 1. The molecule has 27 heavy (non-hydrogen) atoms. The molecule has 0 aromatic heterocycles. The van der Waals surface area contributed by atoms with E-state index >= 15 is 0 Å². The normalized spacial score (nSPS) is 14.7. The molecular weight excluding hydrogens is 352 g/mol. The molecule has 8 heteroatoms. The summed E-state index contributed by atoms with van der Waals surface area (Å²) in [6.45, 7) is 2.90. The maximum absolute atomic E-state index is 12.1. The number of esters is 2. The first kappa shape index (κ1) is 18.0. The number of nitro groups is 1. The Morgan fingerprint density at radius 3 is 2.52 bits per heavy atom. The number of ether oxygens (including phenoxy) is 2. The maximum atomic E-state index is 12.1. The van der Waals surface area contributed by atoms with Crippen molar-refractivity contribution in [2.45, 2.75) is 13.8 Å². The summed E-state index contributed by atoms with van der Waals surface area (Å²) in [4.78, 5) is 37.6. The van der Waals surface area contributed by atoms with Crippen molar-refractivity contribution in [3.05, 3.63) is 75.0 Å². The number of rotatable bonds is 4. The Balaban J connectivity index is 1.85. The third-order valence-corrected chi connectivity index (χ3v) is 3.71. The summed E-state index contributed by atoms with van der Waals surface area (Å²) >= 11 is 0. The molecule has 3 rings (SSSR count). The number of nitrogens with zero attached hydrogens (tertiary/aromatic N) is 2. The molecule has 8 nitrogen and oxygen atoms in total. The predicted molar refractivity (Wildman–Crippen MR) is 96.2 cm³/mol. The van der Waals surface area contributed by atoms with Crippen molar-refractivity contribution in [2.75, 3.05) is 0 Å². The van der Waals surface area contributed by atoms with Crippen molar-refractivity contribution in [3.8, 4) is 5.75 Å². The van der Waals surface area contributed by atoms with E-state index < -0.39 is 16.9 Å². The number of cyclic esters (lactones) is 1. The van der Waals surface area contributed by atoms with E-state index in [1.54, 1.807) is 37.3 Å². The molecule has 1 heterocycles. The second-order valence-corrected chi connectivity index (χ2v) is 5.76. The van der Waals surface area contributed by atoms with Gasteiger partial charge in [-0.25, -0.2) is 9.79 Å². The summed E-state index contributed by atoms with van der Waals surface area (Å²) in [6.07, 6.45) is 1.53. The minimum Gasteiger partial charge on any atom is -0.427 e. The summed E-state index contributed by atoms with van der Waals surface area (Å²) in [5.74, 6) is -0.567. The summed E-state index contributed by atoms with van der Waals surface area (Å²) in [5, 5.41) is 10.9. The zero-order valence-corrected chi connectivity index (χ0v) is 14.5. The molecule has 2 aromatic rings. The molecule has 0 atom stereocenters. The zero-order chi connectivity index (χ0) is 19.6. The SMILES string of the molecule is CC(=O)Oc1ccc(/C=C2\N=C(c3ccc([N+](=O)[O-])c(C)c3)OC2=O)cc1. The van der Waals surface area contributed by atoms with Crippen molar-refractivity contribution >= 4 is 29.6 Å². The summed E-state index contributed by atoms with van der Waals surface area (Å²) in [5.41, 5.74) is 1.66. The largest absolute Gasteiger partial charge is 0.427 e. The Hall–Kier alpha value is -3.81. The van der Waals surface area contributed by atoms with Crippen LogP contribution in [-0.2, 0) is 14.3 Å². The van der Waals surface area contributed by atoms with Crippen LogP contribution in [0.15, 0.2) is 53.2 Å². The highest BCUT2D eigenvalue weighted by Gasteiger charge is 2.25. The second-order valence-electron chi connectivity index (χ2n) is 5.76. The topological polar surface area (TPSA) is 108 Å². The van der Waals surface area contributed by atoms with E-state index in [2.05, 4.69) is 4.99 Å². The van der Waals surface area contributed by atoms with Gasteiger partial charge in [-0.1, -0.05) is 12.1 Å². The lowest BCUT2D eigenvalue weighted by molar-refractivity contribution is -0.385. The van der Waals surface area contributed by atoms with Gasteiger partial charge in [-0.3, -0.25) is 14.9 Å². The standard InChI is InChI=1S/C19H14N2O6/c1-11-9-14(5-8-17(11)21(24)25)18-20-16(19(23)27-18)10-13-3-6-15(7-4-13)26-12(2)22/h3-10H,1-2H3/b16-10-. The molecule has 1 aliphatic heterocycles. The van der Waals surface area contributed by atoms with Gasteiger partial charge < -0.3 is 9.47 Å². The van der Waals surface area contributed by atoms with Crippen LogP contribution in [0.25, 0.3) is 6.08 Å². The Kier molecular flexibility index (Phi) is 4.80. The van der Waals surface area contributed by atoms with E-state index in [0.29, 0.717) is 22.4 Å². The fourth-order valence-electron chi connectivity index (χ4n) is 2.48. The molecule has 0 fully saturated rings. The molecule has 0 N–H and O–H groups in total. The fraction of sp³-hybridized carbons (Fsp3) is 0.105. The molecule has 0 saturated carbocycles. The molecule has 0 amide bonds. The summed E-state index contributed by atoms with van der Waals surface area (Å²) < 4.78 is 10.1. The average molecular weight is 366 g/mol. The first-order valence-corrected chi connectivity index (χ1v) is 7.90. The molecule has 0 radical (unpaired) electrons. The Bertz CT molecular complexity index is 1010. The molecule has 136 valence electrons. The molecule has 2 aromatic carbocycles. The first-order valence-electron chi connectivity index (χ1n) is 7.90. The molecule has 0 spiro atoms. The average Bonchev–Trinajstić information content (AvgIpc) is 2.96. The van der Waals surface area contributed by atoms with Gasteiger partial charge in [0.2, 0.25) is 5.90 Å². The quantitative estimate of drug-likeness (QED) is 0.270. The fourth-order valence-corrected chi connectivity index (χ4v) is 2.48. The second kappa shape index (κ2) is 7.20. The molecule has 1 aliphatic rings.